The zero-order chi connectivity index (χ0) is 11.8. The van der Waals surface area contributed by atoms with E-state index in [1.54, 1.807) is 12.1 Å². The van der Waals surface area contributed by atoms with Gasteiger partial charge in [-0.25, -0.2) is 4.39 Å². The highest BCUT2D eigenvalue weighted by Crippen LogP contribution is 2.37. The first-order valence-electron chi connectivity index (χ1n) is 6.58. The summed E-state index contributed by atoms with van der Waals surface area (Å²) in [5, 5.41) is 3.37. The number of nitrogens with zero attached hydrogens (tertiary/aromatic N) is 1. The van der Waals surface area contributed by atoms with Gasteiger partial charge >= 0.3 is 0 Å². The average molecular weight is 234 g/mol. The summed E-state index contributed by atoms with van der Waals surface area (Å²) in [6.45, 7) is 4.34. The van der Waals surface area contributed by atoms with Gasteiger partial charge in [-0.3, -0.25) is 0 Å². The molecule has 0 aromatic heterocycles. The molecular formula is C14H19FN2. The Bertz CT molecular complexity index is 419. The summed E-state index contributed by atoms with van der Waals surface area (Å²) >= 11 is 0. The van der Waals surface area contributed by atoms with E-state index in [1.807, 2.05) is 6.07 Å². The van der Waals surface area contributed by atoms with Crippen molar-refractivity contribution in [3.8, 4) is 0 Å². The molecule has 1 fully saturated rings. The highest BCUT2D eigenvalue weighted by molar-refractivity contribution is 5.73. The third-order valence-corrected chi connectivity index (χ3v) is 4.20. The van der Waals surface area contributed by atoms with Crippen LogP contribution in [0.2, 0.25) is 0 Å². The van der Waals surface area contributed by atoms with Crippen LogP contribution in [0.4, 0.5) is 15.8 Å². The maximum absolute atomic E-state index is 13.2. The number of fused-ring (bicyclic) bond motifs is 3. The molecular weight excluding hydrogens is 215 g/mol. The largest absolute Gasteiger partial charge is 0.381 e. The fraction of sp³-hybridized carbons (Fsp3) is 0.571. The number of rotatable bonds is 1. The third-order valence-electron chi connectivity index (χ3n) is 4.20. The van der Waals surface area contributed by atoms with Crippen LogP contribution in [0.1, 0.15) is 26.2 Å². The van der Waals surface area contributed by atoms with E-state index >= 15 is 0 Å². The van der Waals surface area contributed by atoms with Crippen molar-refractivity contribution in [1.82, 2.24) is 0 Å². The van der Waals surface area contributed by atoms with Crippen molar-refractivity contribution in [2.24, 2.45) is 5.92 Å². The van der Waals surface area contributed by atoms with E-state index in [2.05, 4.69) is 17.1 Å². The van der Waals surface area contributed by atoms with Crippen LogP contribution in [0, 0.1) is 11.7 Å². The standard InChI is InChI=1S/C14H19FN2/c1-2-10-5-6-17-12(7-10)9-16-13-8-11(15)3-4-14(13)17/h3-4,8,10,12,16H,2,5-7,9H2,1H3. The van der Waals surface area contributed by atoms with Gasteiger partial charge in [0.2, 0.25) is 0 Å². The maximum Gasteiger partial charge on any atom is 0.125 e. The molecule has 2 heterocycles. The van der Waals surface area contributed by atoms with Gasteiger partial charge in [-0.05, 0) is 37.0 Å². The number of halogens is 1. The first-order valence-corrected chi connectivity index (χ1v) is 6.58. The fourth-order valence-corrected chi connectivity index (χ4v) is 3.14. The van der Waals surface area contributed by atoms with Crippen molar-refractivity contribution in [3.63, 3.8) is 0 Å². The van der Waals surface area contributed by atoms with Gasteiger partial charge in [-0.1, -0.05) is 13.3 Å². The second kappa shape index (κ2) is 4.21. The molecule has 1 aromatic carbocycles. The SMILES string of the molecule is CCC1CCN2c3ccc(F)cc3NCC2C1. The Morgan fingerprint density at radius 3 is 3.18 bits per heavy atom. The monoisotopic (exact) mass is 234 g/mol. The predicted molar refractivity (Wildman–Crippen MR) is 69.0 cm³/mol. The Morgan fingerprint density at radius 1 is 1.47 bits per heavy atom. The van der Waals surface area contributed by atoms with Crippen molar-refractivity contribution >= 4 is 11.4 Å². The number of piperidine rings is 1. The molecule has 1 saturated heterocycles. The van der Waals surface area contributed by atoms with Gasteiger partial charge in [-0.15, -0.1) is 0 Å². The first-order chi connectivity index (χ1) is 8.28. The van der Waals surface area contributed by atoms with Gasteiger partial charge in [0.25, 0.3) is 0 Å². The minimum Gasteiger partial charge on any atom is -0.381 e. The lowest BCUT2D eigenvalue weighted by atomic mass is 9.87. The zero-order valence-corrected chi connectivity index (χ0v) is 10.2. The van der Waals surface area contributed by atoms with Crippen LogP contribution in [0.15, 0.2) is 18.2 Å². The lowest BCUT2D eigenvalue weighted by Crippen LogP contribution is -2.49. The lowest BCUT2D eigenvalue weighted by Gasteiger charge is -2.45. The average Bonchev–Trinajstić information content (AvgIpc) is 2.37. The molecule has 17 heavy (non-hydrogen) atoms. The summed E-state index contributed by atoms with van der Waals surface area (Å²) in [6, 6.07) is 5.68. The molecule has 3 heteroatoms. The van der Waals surface area contributed by atoms with Gasteiger partial charge in [-0.2, -0.15) is 0 Å². The summed E-state index contributed by atoms with van der Waals surface area (Å²) in [6.07, 6.45) is 3.81. The van der Waals surface area contributed by atoms with Gasteiger partial charge in [0.05, 0.1) is 11.4 Å². The van der Waals surface area contributed by atoms with Crippen LogP contribution >= 0.6 is 0 Å². The Morgan fingerprint density at radius 2 is 2.35 bits per heavy atom. The molecule has 1 aromatic rings. The number of nitrogens with one attached hydrogen (secondary N) is 1. The molecule has 2 atom stereocenters. The Labute approximate surface area is 102 Å². The molecule has 2 unspecified atom stereocenters. The van der Waals surface area contributed by atoms with E-state index in [9.17, 15) is 4.39 Å². The zero-order valence-electron chi connectivity index (χ0n) is 10.2. The third kappa shape index (κ3) is 1.88. The van der Waals surface area contributed by atoms with E-state index in [1.165, 1.54) is 24.9 Å². The van der Waals surface area contributed by atoms with Gasteiger partial charge in [0.15, 0.2) is 0 Å². The molecule has 0 spiro atoms. The van der Waals surface area contributed by atoms with Crippen LogP contribution < -0.4 is 10.2 Å². The van der Waals surface area contributed by atoms with Crippen LogP contribution in [0.5, 0.6) is 0 Å². The molecule has 92 valence electrons. The molecule has 1 N–H and O–H groups in total. The summed E-state index contributed by atoms with van der Waals surface area (Å²) < 4.78 is 13.2. The van der Waals surface area contributed by atoms with E-state index in [0.717, 1.165) is 24.7 Å². The van der Waals surface area contributed by atoms with Crippen molar-refractivity contribution < 1.29 is 4.39 Å². The molecule has 0 radical (unpaired) electrons. The van der Waals surface area contributed by atoms with Gasteiger partial charge in [0.1, 0.15) is 5.82 Å². The normalized spacial score (nSPS) is 27.1. The quantitative estimate of drug-likeness (QED) is 0.802. The van der Waals surface area contributed by atoms with Gasteiger partial charge in [0, 0.05) is 19.1 Å². The summed E-state index contributed by atoms with van der Waals surface area (Å²) in [5.74, 6) is 0.707. The molecule has 0 aliphatic carbocycles. The highest BCUT2D eigenvalue weighted by Gasteiger charge is 2.31. The number of anilines is 2. The minimum absolute atomic E-state index is 0.154. The number of benzene rings is 1. The summed E-state index contributed by atoms with van der Waals surface area (Å²) in [7, 11) is 0. The Hall–Kier alpha value is -1.25. The topological polar surface area (TPSA) is 15.3 Å². The molecule has 0 amide bonds. The molecule has 0 saturated carbocycles. The molecule has 0 bridgehead atoms. The molecule has 3 rings (SSSR count). The van der Waals surface area contributed by atoms with E-state index in [0.29, 0.717) is 6.04 Å². The van der Waals surface area contributed by atoms with Crippen molar-refractivity contribution in [2.45, 2.75) is 32.2 Å². The first kappa shape index (κ1) is 10.9. The number of hydrogen-bond acceptors (Lipinski definition) is 2. The van der Waals surface area contributed by atoms with Crippen molar-refractivity contribution in [2.75, 3.05) is 23.3 Å². The lowest BCUT2D eigenvalue weighted by molar-refractivity contribution is 0.336. The predicted octanol–water partition coefficient (Wildman–Crippen LogP) is 3.25. The summed E-state index contributed by atoms with van der Waals surface area (Å²) in [5.41, 5.74) is 2.13. The maximum atomic E-state index is 13.2. The summed E-state index contributed by atoms with van der Waals surface area (Å²) in [4.78, 5) is 2.46. The second-order valence-electron chi connectivity index (χ2n) is 5.19. The molecule has 2 nitrogen and oxygen atoms in total. The van der Waals surface area contributed by atoms with Crippen LogP contribution in [0.25, 0.3) is 0 Å². The van der Waals surface area contributed by atoms with E-state index < -0.39 is 0 Å². The van der Waals surface area contributed by atoms with Crippen LogP contribution in [0.3, 0.4) is 0 Å². The van der Waals surface area contributed by atoms with Crippen LogP contribution in [-0.4, -0.2) is 19.1 Å². The van der Waals surface area contributed by atoms with Crippen molar-refractivity contribution in [3.05, 3.63) is 24.0 Å². The Kier molecular flexibility index (Phi) is 2.69. The van der Waals surface area contributed by atoms with Gasteiger partial charge < -0.3 is 10.2 Å². The van der Waals surface area contributed by atoms with Crippen LogP contribution in [-0.2, 0) is 0 Å². The molecule has 2 aliphatic rings. The van der Waals surface area contributed by atoms with E-state index in [-0.39, 0.29) is 5.82 Å². The highest BCUT2D eigenvalue weighted by atomic mass is 19.1. The van der Waals surface area contributed by atoms with E-state index in [4.69, 9.17) is 0 Å². The van der Waals surface area contributed by atoms with Crippen molar-refractivity contribution in [1.29, 1.82) is 0 Å². The second-order valence-corrected chi connectivity index (χ2v) is 5.19. The smallest absolute Gasteiger partial charge is 0.125 e. The fourth-order valence-electron chi connectivity index (χ4n) is 3.14. The molecule has 2 aliphatic heterocycles. The minimum atomic E-state index is -0.154. The number of hydrogen-bond donors (Lipinski definition) is 1. The Balaban J connectivity index is 1.87.